The highest BCUT2D eigenvalue weighted by Crippen LogP contribution is 2.20. The summed E-state index contributed by atoms with van der Waals surface area (Å²) in [5.74, 6) is -0.972. The van der Waals surface area contributed by atoms with Crippen LogP contribution >= 0.6 is 0 Å². The second kappa shape index (κ2) is 7.04. The molecule has 21 heavy (non-hydrogen) atoms. The Bertz CT molecular complexity index is 565. The molecule has 1 aliphatic rings. The molecule has 1 fully saturated rings. The van der Waals surface area contributed by atoms with Crippen molar-refractivity contribution in [3.63, 3.8) is 0 Å². The minimum absolute atomic E-state index is 0.0212. The molecule has 1 aromatic carbocycles. The van der Waals surface area contributed by atoms with Gasteiger partial charge in [0.2, 0.25) is 15.9 Å². The molecule has 116 valence electrons. The van der Waals surface area contributed by atoms with Gasteiger partial charge in [0.25, 0.3) is 0 Å². The Balaban J connectivity index is 2.01. The topological polar surface area (TPSA) is 72.5 Å². The van der Waals surface area contributed by atoms with Crippen LogP contribution in [0.15, 0.2) is 30.3 Å². The average molecular weight is 311 g/mol. The summed E-state index contributed by atoms with van der Waals surface area (Å²) in [6.07, 6.45) is 1.28. The molecule has 0 aromatic heterocycles. The van der Waals surface area contributed by atoms with Crippen molar-refractivity contribution in [1.82, 2.24) is 4.72 Å². The first-order valence-electron chi connectivity index (χ1n) is 7.19. The van der Waals surface area contributed by atoms with Crippen molar-refractivity contribution in [1.29, 1.82) is 0 Å². The van der Waals surface area contributed by atoms with Crippen LogP contribution in [0.1, 0.15) is 31.2 Å². The Morgan fingerprint density at radius 2 is 2.10 bits per heavy atom. The average Bonchev–Trinajstić information content (AvgIpc) is 2.92. The van der Waals surface area contributed by atoms with E-state index in [2.05, 4.69) is 4.72 Å². The normalized spacial score (nSPS) is 20.1. The number of nitrogens with one attached hydrogen (secondary N) is 1. The highest BCUT2D eigenvalue weighted by Gasteiger charge is 2.27. The lowest BCUT2D eigenvalue weighted by molar-refractivity contribution is -0.120. The van der Waals surface area contributed by atoms with Crippen LogP contribution in [0, 0.1) is 5.92 Å². The summed E-state index contributed by atoms with van der Waals surface area (Å²) < 4.78 is 31.5. The second-order valence-corrected chi connectivity index (χ2v) is 7.12. The maximum atomic E-state index is 12.2. The summed E-state index contributed by atoms with van der Waals surface area (Å²) >= 11 is 0. The van der Waals surface area contributed by atoms with Gasteiger partial charge in [-0.3, -0.25) is 9.52 Å². The first-order valence-corrected chi connectivity index (χ1v) is 8.84. The number of ether oxygens (including phenoxy) is 1. The van der Waals surface area contributed by atoms with E-state index < -0.39 is 21.8 Å². The van der Waals surface area contributed by atoms with Crippen LogP contribution in [0.25, 0.3) is 0 Å². The fourth-order valence-electron chi connectivity index (χ4n) is 2.55. The summed E-state index contributed by atoms with van der Waals surface area (Å²) in [4.78, 5) is 12.2. The van der Waals surface area contributed by atoms with Gasteiger partial charge in [0.05, 0.1) is 18.3 Å². The molecule has 2 atom stereocenters. The van der Waals surface area contributed by atoms with Crippen molar-refractivity contribution >= 4 is 15.9 Å². The van der Waals surface area contributed by atoms with Gasteiger partial charge in [0, 0.05) is 12.5 Å². The third-order valence-electron chi connectivity index (χ3n) is 3.66. The molecule has 0 saturated carbocycles. The molecule has 1 saturated heterocycles. The van der Waals surface area contributed by atoms with Crippen LogP contribution in [0.3, 0.4) is 0 Å². The molecular weight excluding hydrogens is 290 g/mol. The van der Waals surface area contributed by atoms with Crippen LogP contribution in [0.2, 0.25) is 0 Å². The van der Waals surface area contributed by atoms with Gasteiger partial charge in [-0.25, -0.2) is 8.42 Å². The van der Waals surface area contributed by atoms with Crippen molar-refractivity contribution < 1.29 is 17.9 Å². The molecule has 0 radical (unpaired) electrons. The molecule has 2 rings (SSSR count). The Labute approximate surface area is 125 Å². The summed E-state index contributed by atoms with van der Waals surface area (Å²) in [7, 11) is -3.61. The van der Waals surface area contributed by atoms with Crippen LogP contribution in [-0.2, 0) is 19.6 Å². The minimum atomic E-state index is -3.61. The fourth-order valence-corrected chi connectivity index (χ4v) is 3.96. The number of amides is 1. The van der Waals surface area contributed by atoms with Crippen molar-refractivity contribution in [2.45, 2.75) is 25.7 Å². The predicted molar refractivity (Wildman–Crippen MR) is 80.3 cm³/mol. The monoisotopic (exact) mass is 311 g/mol. The minimum Gasteiger partial charge on any atom is -0.381 e. The molecule has 1 aliphatic heterocycles. The lowest BCUT2D eigenvalue weighted by atomic mass is 9.96. The second-order valence-electron chi connectivity index (χ2n) is 5.35. The van der Waals surface area contributed by atoms with Crippen LogP contribution in [0.4, 0.5) is 0 Å². The van der Waals surface area contributed by atoms with Crippen molar-refractivity contribution in [2.75, 3.05) is 19.0 Å². The first-order chi connectivity index (χ1) is 10.0. The Morgan fingerprint density at radius 3 is 2.67 bits per heavy atom. The summed E-state index contributed by atoms with van der Waals surface area (Å²) in [5, 5.41) is 0. The molecule has 6 heteroatoms. The van der Waals surface area contributed by atoms with Crippen LogP contribution < -0.4 is 4.72 Å². The van der Waals surface area contributed by atoms with Gasteiger partial charge in [-0.2, -0.15) is 0 Å². The lowest BCUT2D eigenvalue weighted by Gasteiger charge is -2.16. The van der Waals surface area contributed by atoms with Crippen molar-refractivity contribution in [3.8, 4) is 0 Å². The molecule has 1 amide bonds. The standard InChI is InChI=1S/C15H21NO4S/c1-2-14(13-6-4-3-5-7-13)15(17)16-21(18,19)11-12-8-9-20-10-12/h3-7,12,14H,2,8-11H2,1H3,(H,16,17). The number of sulfonamides is 1. The molecule has 5 nitrogen and oxygen atoms in total. The molecule has 1 heterocycles. The third-order valence-corrected chi connectivity index (χ3v) is 5.08. The summed E-state index contributed by atoms with van der Waals surface area (Å²) in [5.41, 5.74) is 0.830. The predicted octanol–water partition coefficient (Wildman–Crippen LogP) is 1.66. The summed E-state index contributed by atoms with van der Waals surface area (Å²) in [6, 6.07) is 9.23. The largest absolute Gasteiger partial charge is 0.381 e. The van der Waals surface area contributed by atoms with Crippen molar-refractivity contribution in [3.05, 3.63) is 35.9 Å². The SMILES string of the molecule is CCC(C(=O)NS(=O)(=O)CC1CCOC1)c1ccccc1. The first kappa shape index (κ1) is 16.0. The van der Waals surface area contributed by atoms with Gasteiger partial charge in [-0.15, -0.1) is 0 Å². The zero-order chi connectivity index (χ0) is 15.3. The van der Waals surface area contributed by atoms with E-state index in [1.165, 1.54) is 0 Å². The van der Waals surface area contributed by atoms with E-state index in [4.69, 9.17) is 4.74 Å². The van der Waals surface area contributed by atoms with Gasteiger partial charge < -0.3 is 4.74 Å². The van der Waals surface area contributed by atoms with Gasteiger partial charge >= 0.3 is 0 Å². The smallest absolute Gasteiger partial charge is 0.240 e. The van der Waals surface area contributed by atoms with E-state index in [0.29, 0.717) is 19.6 Å². The van der Waals surface area contributed by atoms with E-state index in [-0.39, 0.29) is 11.7 Å². The lowest BCUT2D eigenvalue weighted by Crippen LogP contribution is -2.37. The van der Waals surface area contributed by atoms with Crippen molar-refractivity contribution in [2.24, 2.45) is 5.92 Å². The van der Waals surface area contributed by atoms with E-state index in [0.717, 1.165) is 12.0 Å². The van der Waals surface area contributed by atoms with E-state index in [1.54, 1.807) is 0 Å². The number of carbonyl (C=O) groups excluding carboxylic acids is 1. The van der Waals surface area contributed by atoms with Gasteiger partial charge in [0.15, 0.2) is 0 Å². The van der Waals surface area contributed by atoms with Gasteiger partial charge in [-0.1, -0.05) is 37.3 Å². The molecule has 2 unspecified atom stereocenters. The number of rotatable bonds is 6. The molecular formula is C15H21NO4S. The number of hydrogen-bond acceptors (Lipinski definition) is 4. The molecule has 0 spiro atoms. The molecule has 1 aromatic rings. The molecule has 0 aliphatic carbocycles. The maximum Gasteiger partial charge on any atom is 0.240 e. The van der Waals surface area contributed by atoms with E-state index in [1.807, 2.05) is 37.3 Å². The van der Waals surface area contributed by atoms with Crippen LogP contribution in [-0.4, -0.2) is 33.3 Å². The third kappa shape index (κ3) is 4.54. The van der Waals surface area contributed by atoms with Gasteiger partial charge in [0.1, 0.15) is 0 Å². The summed E-state index contributed by atoms with van der Waals surface area (Å²) in [6.45, 7) is 2.91. The Hall–Kier alpha value is -1.40. The highest BCUT2D eigenvalue weighted by molar-refractivity contribution is 7.90. The number of benzene rings is 1. The quantitative estimate of drug-likeness (QED) is 0.867. The zero-order valence-corrected chi connectivity index (χ0v) is 12.9. The van der Waals surface area contributed by atoms with E-state index >= 15 is 0 Å². The van der Waals surface area contributed by atoms with E-state index in [9.17, 15) is 13.2 Å². The van der Waals surface area contributed by atoms with Gasteiger partial charge in [-0.05, 0) is 18.4 Å². The zero-order valence-electron chi connectivity index (χ0n) is 12.1. The Morgan fingerprint density at radius 1 is 1.38 bits per heavy atom. The highest BCUT2D eigenvalue weighted by atomic mass is 32.2. The fraction of sp³-hybridized carbons (Fsp3) is 0.533. The number of carbonyl (C=O) groups is 1. The maximum absolute atomic E-state index is 12.2. The number of hydrogen-bond donors (Lipinski definition) is 1. The molecule has 0 bridgehead atoms. The Kier molecular flexibility index (Phi) is 5.36. The van der Waals surface area contributed by atoms with Crippen LogP contribution in [0.5, 0.6) is 0 Å². The molecule has 1 N–H and O–H groups in total.